The zero-order chi connectivity index (χ0) is 24.8. The SMILES string of the molecule is COc1cc2nccc(Oc3ccc(NC(=O)[C@H](C)N(C)Cc4ccccc4)cc3)c2cc1OC. The molecule has 0 aliphatic rings. The molecule has 3 aromatic carbocycles. The van der Waals surface area contributed by atoms with Gasteiger partial charge in [0.05, 0.1) is 25.8 Å². The minimum absolute atomic E-state index is 0.0710. The number of amides is 1. The highest BCUT2D eigenvalue weighted by atomic mass is 16.5. The summed E-state index contributed by atoms with van der Waals surface area (Å²) in [5, 5.41) is 3.78. The van der Waals surface area contributed by atoms with Crippen molar-refractivity contribution in [2.45, 2.75) is 19.5 Å². The summed E-state index contributed by atoms with van der Waals surface area (Å²) < 4.78 is 16.9. The normalized spacial score (nSPS) is 11.8. The van der Waals surface area contributed by atoms with Gasteiger partial charge >= 0.3 is 0 Å². The first kappa shape index (κ1) is 24.0. The van der Waals surface area contributed by atoms with Crippen molar-refractivity contribution in [3.8, 4) is 23.0 Å². The minimum Gasteiger partial charge on any atom is -0.493 e. The largest absolute Gasteiger partial charge is 0.493 e. The van der Waals surface area contributed by atoms with Gasteiger partial charge in [-0.05, 0) is 55.9 Å². The number of ether oxygens (including phenoxy) is 3. The molecule has 7 nitrogen and oxygen atoms in total. The lowest BCUT2D eigenvalue weighted by molar-refractivity contribution is -0.120. The Labute approximate surface area is 205 Å². The number of hydrogen-bond acceptors (Lipinski definition) is 6. The molecule has 0 saturated heterocycles. The van der Waals surface area contributed by atoms with Gasteiger partial charge in [-0.25, -0.2) is 0 Å². The summed E-state index contributed by atoms with van der Waals surface area (Å²) in [5.74, 6) is 2.41. The number of carbonyl (C=O) groups excluding carboxylic acids is 1. The standard InChI is InChI=1S/C28H29N3O4/c1-19(31(2)18-20-8-6-5-7-9-20)28(32)30-21-10-12-22(13-11-21)35-25-14-15-29-24-17-27(34-4)26(33-3)16-23(24)25/h5-17,19H,18H2,1-4H3,(H,30,32)/t19-/m0/s1. The highest BCUT2D eigenvalue weighted by molar-refractivity contribution is 5.94. The van der Waals surface area contributed by atoms with Crippen molar-refractivity contribution in [2.24, 2.45) is 0 Å². The zero-order valence-corrected chi connectivity index (χ0v) is 20.3. The Morgan fingerprint density at radius 3 is 2.31 bits per heavy atom. The summed E-state index contributed by atoms with van der Waals surface area (Å²) in [6, 6.07) is 22.5. The van der Waals surface area contributed by atoms with Crippen LogP contribution in [0.2, 0.25) is 0 Å². The molecule has 1 amide bonds. The molecule has 0 bridgehead atoms. The average Bonchev–Trinajstić information content (AvgIpc) is 2.89. The van der Waals surface area contributed by atoms with Gasteiger partial charge < -0.3 is 19.5 Å². The number of carbonyl (C=O) groups is 1. The molecule has 1 aromatic heterocycles. The van der Waals surface area contributed by atoms with Gasteiger partial charge in [0, 0.05) is 29.9 Å². The molecule has 0 saturated carbocycles. The van der Waals surface area contributed by atoms with Crippen molar-refractivity contribution in [1.82, 2.24) is 9.88 Å². The average molecular weight is 472 g/mol. The Bertz CT molecular complexity index is 1290. The predicted molar refractivity (Wildman–Crippen MR) is 137 cm³/mol. The Balaban J connectivity index is 1.43. The summed E-state index contributed by atoms with van der Waals surface area (Å²) in [6.07, 6.45) is 1.69. The maximum Gasteiger partial charge on any atom is 0.241 e. The molecular formula is C28H29N3O4. The monoisotopic (exact) mass is 471 g/mol. The fourth-order valence-electron chi connectivity index (χ4n) is 3.72. The van der Waals surface area contributed by atoms with E-state index in [9.17, 15) is 4.79 Å². The van der Waals surface area contributed by atoms with Crippen LogP contribution in [0.4, 0.5) is 5.69 Å². The van der Waals surface area contributed by atoms with Gasteiger partial charge in [0.25, 0.3) is 0 Å². The van der Waals surface area contributed by atoms with Gasteiger partial charge in [0.1, 0.15) is 11.5 Å². The van der Waals surface area contributed by atoms with Crippen LogP contribution in [0, 0.1) is 0 Å². The molecule has 0 unspecified atom stereocenters. The molecule has 180 valence electrons. The van der Waals surface area contributed by atoms with E-state index < -0.39 is 0 Å². The van der Waals surface area contributed by atoms with Crippen molar-refractivity contribution >= 4 is 22.5 Å². The fraction of sp³-hybridized carbons (Fsp3) is 0.214. The van der Waals surface area contributed by atoms with E-state index in [-0.39, 0.29) is 11.9 Å². The second kappa shape index (κ2) is 10.9. The molecule has 0 radical (unpaired) electrons. The number of anilines is 1. The van der Waals surface area contributed by atoms with E-state index in [1.54, 1.807) is 26.5 Å². The topological polar surface area (TPSA) is 72.9 Å². The third-order valence-electron chi connectivity index (χ3n) is 5.87. The summed E-state index contributed by atoms with van der Waals surface area (Å²) in [4.78, 5) is 19.2. The lowest BCUT2D eigenvalue weighted by Gasteiger charge is -2.24. The molecule has 0 fully saturated rings. The molecule has 4 aromatic rings. The van der Waals surface area contributed by atoms with Gasteiger partial charge in [0.15, 0.2) is 11.5 Å². The quantitative estimate of drug-likeness (QED) is 0.347. The second-order valence-electron chi connectivity index (χ2n) is 8.23. The van der Waals surface area contributed by atoms with E-state index in [2.05, 4.69) is 22.4 Å². The molecule has 0 spiro atoms. The number of pyridine rings is 1. The van der Waals surface area contributed by atoms with Crippen LogP contribution in [-0.4, -0.2) is 43.1 Å². The predicted octanol–water partition coefficient (Wildman–Crippen LogP) is 5.50. The third-order valence-corrected chi connectivity index (χ3v) is 5.87. The number of rotatable bonds is 9. The number of nitrogens with zero attached hydrogens (tertiary/aromatic N) is 2. The molecule has 7 heteroatoms. The molecule has 1 N–H and O–H groups in total. The number of aromatic nitrogens is 1. The molecule has 4 rings (SSSR count). The number of nitrogens with one attached hydrogen (secondary N) is 1. The van der Waals surface area contributed by atoms with E-state index in [4.69, 9.17) is 14.2 Å². The highest BCUT2D eigenvalue weighted by Gasteiger charge is 2.18. The molecular weight excluding hydrogens is 442 g/mol. The second-order valence-corrected chi connectivity index (χ2v) is 8.23. The van der Waals surface area contributed by atoms with E-state index in [1.807, 2.05) is 73.5 Å². The van der Waals surface area contributed by atoms with Crippen LogP contribution >= 0.6 is 0 Å². The van der Waals surface area contributed by atoms with Crippen LogP contribution in [0.1, 0.15) is 12.5 Å². The lowest BCUT2D eigenvalue weighted by atomic mass is 10.1. The smallest absolute Gasteiger partial charge is 0.241 e. The maximum atomic E-state index is 12.8. The van der Waals surface area contributed by atoms with E-state index in [1.165, 1.54) is 0 Å². The molecule has 0 aliphatic heterocycles. The van der Waals surface area contributed by atoms with Crippen molar-refractivity contribution < 1.29 is 19.0 Å². The maximum absolute atomic E-state index is 12.8. The first-order valence-corrected chi connectivity index (χ1v) is 11.3. The Morgan fingerprint density at radius 2 is 1.63 bits per heavy atom. The Hall–Kier alpha value is -4.10. The van der Waals surface area contributed by atoms with Crippen LogP contribution < -0.4 is 19.5 Å². The number of fused-ring (bicyclic) bond motifs is 1. The van der Waals surface area contributed by atoms with Gasteiger partial charge in [-0.1, -0.05) is 30.3 Å². The van der Waals surface area contributed by atoms with E-state index in [0.29, 0.717) is 35.2 Å². The van der Waals surface area contributed by atoms with E-state index >= 15 is 0 Å². The van der Waals surface area contributed by atoms with Gasteiger partial charge in [-0.3, -0.25) is 14.7 Å². The first-order valence-electron chi connectivity index (χ1n) is 11.3. The Morgan fingerprint density at radius 1 is 0.943 bits per heavy atom. The molecule has 1 heterocycles. The van der Waals surface area contributed by atoms with Crippen molar-refractivity contribution in [2.75, 3.05) is 26.6 Å². The fourth-order valence-corrected chi connectivity index (χ4v) is 3.72. The summed E-state index contributed by atoms with van der Waals surface area (Å²) >= 11 is 0. The van der Waals surface area contributed by atoms with E-state index in [0.717, 1.165) is 16.5 Å². The first-order chi connectivity index (χ1) is 17.0. The van der Waals surface area contributed by atoms with Gasteiger partial charge in [-0.15, -0.1) is 0 Å². The van der Waals surface area contributed by atoms with Crippen molar-refractivity contribution in [3.63, 3.8) is 0 Å². The van der Waals surface area contributed by atoms with Crippen molar-refractivity contribution in [3.05, 3.63) is 84.6 Å². The summed E-state index contributed by atoms with van der Waals surface area (Å²) in [6.45, 7) is 2.59. The number of methoxy groups -OCH3 is 2. The molecule has 1 atom stereocenters. The number of likely N-dealkylation sites (N-methyl/N-ethyl adjacent to an activating group) is 1. The van der Waals surface area contributed by atoms with Crippen LogP contribution in [0.5, 0.6) is 23.0 Å². The lowest BCUT2D eigenvalue weighted by Crippen LogP contribution is -2.39. The molecule has 35 heavy (non-hydrogen) atoms. The zero-order valence-electron chi connectivity index (χ0n) is 20.3. The summed E-state index contributed by atoms with van der Waals surface area (Å²) in [5.41, 5.74) is 2.60. The van der Waals surface area contributed by atoms with Gasteiger partial charge in [-0.2, -0.15) is 0 Å². The van der Waals surface area contributed by atoms with Crippen LogP contribution in [0.3, 0.4) is 0 Å². The minimum atomic E-state index is -0.290. The Kier molecular flexibility index (Phi) is 7.48. The van der Waals surface area contributed by atoms with Crippen LogP contribution in [0.25, 0.3) is 10.9 Å². The summed E-state index contributed by atoms with van der Waals surface area (Å²) in [7, 11) is 5.12. The number of hydrogen-bond donors (Lipinski definition) is 1. The highest BCUT2D eigenvalue weighted by Crippen LogP contribution is 2.37. The molecule has 0 aliphatic carbocycles. The third kappa shape index (κ3) is 5.70. The van der Waals surface area contributed by atoms with Crippen LogP contribution in [0.15, 0.2) is 79.0 Å². The van der Waals surface area contributed by atoms with Crippen molar-refractivity contribution in [1.29, 1.82) is 0 Å². The van der Waals surface area contributed by atoms with Crippen LogP contribution in [-0.2, 0) is 11.3 Å². The van der Waals surface area contributed by atoms with Gasteiger partial charge in [0.2, 0.25) is 5.91 Å². The number of benzene rings is 3.